The van der Waals surface area contributed by atoms with E-state index in [1.54, 1.807) is 12.3 Å². The molecule has 0 radical (unpaired) electrons. The molecule has 1 aromatic rings. The van der Waals surface area contributed by atoms with Crippen LogP contribution < -0.4 is 10.9 Å². The van der Waals surface area contributed by atoms with E-state index in [-0.39, 0.29) is 17.4 Å². The largest absolute Gasteiger partial charge is 0.329 e. The van der Waals surface area contributed by atoms with E-state index in [1.165, 1.54) is 0 Å². The van der Waals surface area contributed by atoms with Crippen molar-refractivity contribution < 1.29 is 0 Å². The first-order valence-corrected chi connectivity index (χ1v) is 4.60. The van der Waals surface area contributed by atoms with Crippen LogP contribution in [0.4, 0.5) is 0 Å². The third-order valence-electron chi connectivity index (χ3n) is 2.61. The Morgan fingerprint density at radius 3 is 3.07 bits per heavy atom. The van der Waals surface area contributed by atoms with Gasteiger partial charge in [-0.2, -0.15) is 5.26 Å². The second-order valence-electron chi connectivity index (χ2n) is 3.49. The molecule has 2 N–H and O–H groups in total. The molecule has 0 aliphatic carbocycles. The Balaban J connectivity index is 2.31. The molecular weight excluding hydrogens is 178 g/mol. The topological polar surface area (TPSA) is 68.7 Å². The summed E-state index contributed by atoms with van der Waals surface area (Å²) < 4.78 is 0. The number of hydrogen-bond donors (Lipinski definition) is 2. The zero-order valence-corrected chi connectivity index (χ0v) is 7.66. The van der Waals surface area contributed by atoms with Crippen LogP contribution in [0.1, 0.15) is 11.5 Å². The lowest BCUT2D eigenvalue weighted by Crippen LogP contribution is -2.12. The number of nitriles is 1. The van der Waals surface area contributed by atoms with E-state index in [1.807, 2.05) is 6.07 Å². The minimum absolute atomic E-state index is 0.0169. The molecule has 2 rings (SSSR count). The van der Waals surface area contributed by atoms with Gasteiger partial charge in [0.1, 0.15) is 0 Å². The van der Waals surface area contributed by atoms with Crippen LogP contribution >= 0.6 is 0 Å². The monoisotopic (exact) mass is 189 g/mol. The van der Waals surface area contributed by atoms with Gasteiger partial charge in [-0.3, -0.25) is 4.79 Å². The first-order valence-electron chi connectivity index (χ1n) is 4.60. The number of nitrogens with one attached hydrogen (secondary N) is 2. The van der Waals surface area contributed by atoms with E-state index in [2.05, 4.69) is 16.4 Å². The highest BCUT2D eigenvalue weighted by Crippen LogP contribution is 2.26. The molecule has 0 bridgehead atoms. The summed E-state index contributed by atoms with van der Waals surface area (Å²) in [6.45, 7) is 1.50. The molecule has 14 heavy (non-hydrogen) atoms. The average Bonchev–Trinajstić information content (AvgIpc) is 2.65. The molecule has 0 aromatic carbocycles. The van der Waals surface area contributed by atoms with E-state index in [4.69, 9.17) is 5.26 Å². The number of aromatic nitrogens is 1. The Morgan fingerprint density at radius 2 is 2.36 bits per heavy atom. The molecule has 1 aromatic heterocycles. The lowest BCUT2D eigenvalue weighted by Gasteiger charge is -2.11. The molecule has 72 valence electrons. The molecule has 4 nitrogen and oxygen atoms in total. The minimum Gasteiger partial charge on any atom is -0.329 e. The Labute approximate surface area is 81.6 Å². The van der Waals surface area contributed by atoms with Gasteiger partial charge in [0.05, 0.1) is 12.0 Å². The molecule has 2 atom stereocenters. The quantitative estimate of drug-likeness (QED) is 0.663. The van der Waals surface area contributed by atoms with Crippen molar-refractivity contribution in [3.8, 4) is 6.07 Å². The predicted octanol–water partition coefficient (Wildman–Crippen LogP) is 0.201. The third-order valence-corrected chi connectivity index (χ3v) is 2.61. The average molecular weight is 189 g/mol. The summed E-state index contributed by atoms with van der Waals surface area (Å²) in [7, 11) is 0. The third kappa shape index (κ3) is 1.54. The number of hydrogen-bond acceptors (Lipinski definition) is 3. The van der Waals surface area contributed by atoms with Crippen molar-refractivity contribution >= 4 is 0 Å². The molecule has 0 unspecified atom stereocenters. The smallest absolute Gasteiger partial charge is 0.248 e. The van der Waals surface area contributed by atoms with Crippen molar-refractivity contribution in [2.45, 2.75) is 5.92 Å². The SMILES string of the molecule is N#C[C@@H]1CNC[C@H]1c1cc[nH]c(=O)c1. The first kappa shape index (κ1) is 8.97. The molecule has 0 saturated carbocycles. The van der Waals surface area contributed by atoms with Crippen LogP contribution in [0.25, 0.3) is 0 Å². The van der Waals surface area contributed by atoms with E-state index in [9.17, 15) is 4.79 Å². The Bertz CT molecular complexity index is 418. The van der Waals surface area contributed by atoms with Crippen LogP contribution in [-0.2, 0) is 0 Å². The zero-order valence-electron chi connectivity index (χ0n) is 7.66. The van der Waals surface area contributed by atoms with Gasteiger partial charge in [0.15, 0.2) is 0 Å². The molecule has 1 saturated heterocycles. The highest BCUT2D eigenvalue weighted by atomic mass is 16.1. The predicted molar refractivity (Wildman–Crippen MR) is 51.8 cm³/mol. The fourth-order valence-corrected chi connectivity index (χ4v) is 1.86. The van der Waals surface area contributed by atoms with E-state index >= 15 is 0 Å². The molecule has 0 amide bonds. The van der Waals surface area contributed by atoms with Gasteiger partial charge in [0.25, 0.3) is 0 Å². The molecular formula is C10H11N3O. The van der Waals surface area contributed by atoms with E-state index < -0.39 is 0 Å². The second-order valence-corrected chi connectivity index (χ2v) is 3.49. The highest BCUT2D eigenvalue weighted by molar-refractivity contribution is 5.22. The first-order chi connectivity index (χ1) is 6.81. The number of H-pyrrole nitrogens is 1. The van der Waals surface area contributed by atoms with Crippen molar-refractivity contribution in [1.29, 1.82) is 5.26 Å². The second kappa shape index (κ2) is 3.64. The number of aromatic amines is 1. The zero-order chi connectivity index (χ0) is 9.97. The molecule has 1 aliphatic heterocycles. The fraction of sp³-hybridized carbons (Fsp3) is 0.400. The highest BCUT2D eigenvalue weighted by Gasteiger charge is 2.28. The molecule has 1 fully saturated rings. The van der Waals surface area contributed by atoms with E-state index in [0.717, 1.165) is 12.1 Å². The summed E-state index contributed by atoms with van der Waals surface area (Å²) in [6.07, 6.45) is 1.63. The lowest BCUT2D eigenvalue weighted by molar-refractivity contribution is 0.645. The summed E-state index contributed by atoms with van der Waals surface area (Å²) in [4.78, 5) is 13.7. The maximum atomic E-state index is 11.1. The Hall–Kier alpha value is -1.60. The fourth-order valence-electron chi connectivity index (χ4n) is 1.86. The Morgan fingerprint density at radius 1 is 1.50 bits per heavy atom. The van der Waals surface area contributed by atoms with Crippen molar-refractivity contribution in [1.82, 2.24) is 10.3 Å². The van der Waals surface area contributed by atoms with E-state index in [0.29, 0.717) is 6.54 Å². The summed E-state index contributed by atoms with van der Waals surface area (Å²) in [5.74, 6) is 0.138. The lowest BCUT2D eigenvalue weighted by atomic mass is 9.91. The van der Waals surface area contributed by atoms with Crippen molar-refractivity contribution in [2.24, 2.45) is 5.92 Å². The van der Waals surface area contributed by atoms with Gasteiger partial charge in [-0.15, -0.1) is 0 Å². The van der Waals surface area contributed by atoms with Crippen molar-refractivity contribution in [3.05, 3.63) is 34.2 Å². The van der Waals surface area contributed by atoms with Crippen LogP contribution in [0.5, 0.6) is 0 Å². The van der Waals surface area contributed by atoms with Crippen molar-refractivity contribution in [3.63, 3.8) is 0 Å². The maximum absolute atomic E-state index is 11.1. The van der Waals surface area contributed by atoms with Crippen LogP contribution in [0.2, 0.25) is 0 Å². The van der Waals surface area contributed by atoms with Gasteiger partial charge < -0.3 is 10.3 Å². The molecule has 2 heterocycles. The summed E-state index contributed by atoms with van der Waals surface area (Å²) >= 11 is 0. The molecule has 1 aliphatic rings. The summed E-state index contributed by atoms with van der Waals surface area (Å²) in [5, 5.41) is 12.0. The maximum Gasteiger partial charge on any atom is 0.248 e. The van der Waals surface area contributed by atoms with Crippen molar-refractivity contribution in [2.75, 3.05) is 13.1 Å². The van der Waals surface area contributed by atoms with Gasteiger partial charge in [-0.05, 0) is 11.6 Å². The van der Waals surface area contributed by atoms with Crippen LogP contribution in [0.3, 0.4) is 0 Å². The molecule has 4 heteroatoms. The number of nitrogens with zero attached hydrogens (tertiary/aromatic N) is 1. The Kier molecular flexibility index (Phi) is 2.33. The number of rotatable bonds is 1. The van der Waals surface area contributed by atoms with Crippen LogP contribution in [-0.4, -0.2) is 18.1 Å². The van der Waals surface area contributed by atoms with Crippen LogP contribution in [0, 0.1) is 17.2 Å². The van der Waals surface area contributed by atoms with Gasteiger partial charge in [-0.1, -0.05) is 0 Å². The molecule has 0 spiro atoms. The minimum atomic E-state index is -0.105. The normalized spacial score (nSPS) is 25.9. The standard InChI is InChI=1S/C10H11N3O/c11-4-8-5-12-6-9(8)7-1-2-13-10(14)3-7/h1-3,8-9,12H,5-6H2,(H,13,14)/t8-,9+/m1/s1. The van der Waals surface area contributed by atoms with Crippen LogP contribution in [0.15, 0.2) is 23.1 Å². The summed E-state index contributed by atoms with van der Waals surface area (Å²) in [5.41, 5.74) is 0.844. The van der Waals surface area contributed by atoms with Gasteiger partial charge in [-0.25, -0.2) is 0 Å². The van der Waals surface area contributed by atoms with Gasteiger partial charge in [0.2, 0.25) is 5.56 Å². The van der Waals surface area contributed by atoms with Gasteiger partial charge >= 0.3 is 0 Å². The van der Waals surface area contributed by atoms with Gasteiger partial charge in [0, 0.05) is 31.3 Å². The summed E-state index contributed by atoms with van der Waals surface area (Å²) in [6, 6.07) is 5.69. The number of pyridine rings is 1.